The first-order chi connectivity index (χ1) is 13.5. The van der Waals surface area contributed by atoms with Gasteiger partial charge in [-0.2, -0.15) is 0 Å². The Morgan fingerprint density at radius 2 is 1.75 bits per heavy atom. The van der Waals surface area contributed by atoms with Crippen LogP contribution in [0.15, 0.2) is 71.5 Å². The van der Waals surface area contributed by atoms with E-state index < -0.39 is 17.3 Å². The lowest BCUT2D eigenvalue weighted by atomic mass is 10.1. The Bertz CT molecular complexity index is 1260. The molecule has 0 aliphatic heterocycles. The molecule has 0 saturated carbocycles. The molecule has 5 nitrogen and oxygen atoms in total. The molecule has 0 bridgehead atoms. The van der Waals surface area contributed by atoms with E-state index in [1.807, 2.05) is 30.3 Å². The first-order valence-electron chi connectivity index (χ1n) is 8.43. The van der Waals surface area contributed by atoms with Crippen molar-refractivity contribution in [3.05, 3.63) is 99.2 Å². The van der Waals surface area contributed by atoms with Crippen LogP contribution in [0.3, 0.4) is 0 Å². The number of para-hydroxylation sites is 1. The Labute approximate surface area is 163 Å². The van der Waals surface area contributed by atoms with Crippen molar-refractivity contribution in [2.45, 2.75) is 6.54 Å². The monoisotopic (exact) mass is 396 g/mol. The lowest BCUT2D eigenvalue weighted by Gasteiger charge is -2.06. The Balaban J connectivity index is 1.91. The molecule has 3 aromatic carbocycles. The fourth-order valence-electron chi connectivity index (χ4n) is 3.23. The zero-order chi connectivity index (χ0) is 19.8. The average molecular weight is 397 g/mol. The van der Waals surface area contributed by atoms with E-state index >= 15 is 0 Å². The summed E-state index contributed by atoms with van der Waals surface area (Å²) in [6.07, 6.45) is 0. The molecule has 4 rings (SSSR count). The third-order valence-corrected chi connectivity index (χ3v) is 4.74. The van der Waals surface area contributed by atoms with Crippen LogP contribution in [0.25, 0.3) is 16.7 Å². The van der Waals surface area contributed by atoms with Crippen LogP contribution in [0, 0.1) is 5.82 Å². The molecular weight excluding hydrogens is 383 g/mol. The molecular formula is C21H14ClFN2O3. The Morgan fingerprint density at radius 3 is 2.46 bits per heavy atom. The van der Waals surface area contributed by atoms with Gasteiger partial charge in [-0.3, -0.25) is 9.13 Å². The van der Waals surface area contributed by atoms with Crippen molar-refractivity contribution in [3.8, 4) is 5.69 Å². The fraction of sp³-hybridized carbons (Fsp3) is 0.0476. The Hall–Kier alpha value is -3.38. The number of benzene rings is 3. The lowest BCUT2D eigenvalue weighted by molar-refractivity contribution is 0.0691. The molecule has 0 fully saturated rings. The summed E-state index contributed by atoms with van der Waals surface area (Å²) >= 11 is 6.14. The topological polar surface area (TPSA) is 64.2 Å². The maximum Gasteiger partial charge on any atom is 0.338 e. The highest BCUT2D eigenvalue weighted by Gasteiger charge is 2.17. The summed E-state index contributed by atoms with van der Waals surface area (Å²) in [6, 6.07) is 18.1. The quantitative estimate of drug-likeness (QED) is 0.558. The van der Waals surface area contributed by atoms with E-state index in [0.29, 0.717) is 27.3 Å². The van der Waals surface area contributed by atoms with Crippen LogP contribution in [0.1, 0.15) is 15.9 Å². The number of halogens is 2. The van der Waals surface area contributed by atoms with Crippen molar-refractivity contribution in [2.75, 3.05) is 0 Å². The van der Waals surface area contributed by atoms with E-state index in [9.17, 15) is 14.0 Å². The largest absolute Gasteiger partial charge is 0.478 e. The summed E-state index contributed by atoms with van der Waals surface area (Å²) in [5, 5.41) is 9.63. The second-order valence-electron chi connectivity index (χ2n) is 6.29. The molecule has 0 amide bonds. The van der Waals surface area contributed by atoms with Crippen LogP contribution < -0.4 is 5.69 Å². The minimum absolute atomic E-state index is 0.0946. The second kappa shape index (κ2) is 6.98. The third kappa shape index (κ3) is 3.08. The van der Waals surface area contributed by atoms with Crippen molar-refractivity contribution in [1.82, 2.24) is 9.13 Å². The summed E-state index contributed by atoms with van der Waals surface area (Å²) in [7, 11) is 0. The molecule has 0 spiro atoms. The molecule has 0 aliphatic rings. The van der Waals surface area contributed by atoms with E-state index in [1.165, 1.54) is 16.7 Å². The molecule has 0 unspecified atom stereocenters. The normalized spacial score (nSPS) is 11.1. The maximum absolute atomic E-state index is 13.7. The van der Waals surface area contributed by atoms with E-state index in [-0.39, 0.29) is 12.2 Å². The van der Waals surface area contributed by atoms with Crippen LogP contribution >= 0.6 is 11.6 Å². The number of nitrogens with zero attached hydrogens (tertiary/aromatic N) is 2. The number of fused-ring (bicyclic) bond motifs is 1. The van der Waals surface area contributed by atoms with Crippen molar-refractivity contribution < 1.29 is 14.3 Å². The molecule has 1 N–H and O–H groups in total. The van der Waals surface area contributed by atoms with Crippen molar-refractivity contribution in [2.24, 2.45) is 0 Å². The molecule has 28 heavy (non-hydrogen) atoms. The predicted molar refractivity (Wildman–Crippen MR) is 105 cm³/mol. The highest BCUT2D eigenvalue weighted by atomic mass is 35.5. The number of imidazole rings is 1. The molecule has 140 valence electrons. The smallest absolute Gasteiger partial charge is 0.338 e. The van der Waals surface area contributed by atoms with Crippen LogP contribution in [0.4, 0.5) is 4.39 Å². The number of carboxylic acids is 1. The van der Waals surface area contributed by atoms with Gasteiger partial charge in [0.05, 0.1) is 28.8 Å². The molecule has 0 saturated heterocycles. The zero-order valence-electron chi connectivity index (χ0n) is 14.5. The Morgan fingerprint density at radius 1 is 1.00 bits per heavy atom. The lowest BCUT2D eigenvalue weighted by Crippen LogP contribution is -2.23. The van der Waals surface area contributed by atoms with Crippen LogP contribution in [-0.2, 0) is 6.54 Å². The van der Waals surface area contributed by atoms with Gasteiger partial charge in [0.1, 0.15) is 5.82 Å². The van der Waals surface area contributed by atoms with Crippen molar-refractivity contribution in [1.29, 1.82) is 0 Å². The summed E-state index contributed by atoms with van der Waals surface area (Å²) in [6.45, 7) is 0.0946. The third-order valence-electron chi connectivity index (χ3n) is 4.51. The van der Waals surface area contributed by atoms with Gasteiger partial charge >= 0.3 is 11.7 Å². The second-order valence-corrected chi connectivity index (χ2v) is 6.73. The highest BCUT2D eigenvalue weighted by Crippen LogP contribution is 2.23. The fourth-order valence-corrected chi connectivity index (χ4v) is 3.39. The highest BCUT2D eigenvalue weighted by molar-refractivity contribution is 6.31. The maximum atomic E-state index is 13.7. The van der Waals surface area contributed by atoms with E-state index in [1.54, 1.807) is 22.8 Å². The number of hydrogen-bond acceptors (Lipinski definition) is 2. The number of carboxylic acid groups (broad SMARTS) is 1. The molecule has 1 heterocycles. The van der Waals surface area contributed by atoms with Gasteiger partial charge < -0.3 is 5.11 Å². The zero-order valence-corrected chi connectivity index (χ0v) is 15.2. The summed E-state index contributed by atoms with van der Waals surface area (Å²) in [5.41, 5.74) is 1.72. The van der Waals surface area contributed by atoms with Crippen LogP contribution in [-0.4, -0.2) is 20.2 Å². The van der Waals surface area contributed by atoms with E-state index in [0.717, 1.165) is 6.07 Å². The number of hydrogen-bond donors (Lipinski definition) is 1. The molecule has 1 aromatic heterocycles. The Kier molecular flexibility index (Phi) is 4.49. The molecule has 0 aliphatic carbocycles. The molecule has 7 heteroatoms. The van der Waals surface area contributed by atoms with Gasteiger partial charge in [0.25, 0.3) is 0 Å². The number of rotatable bonds is 4. The first kappa shape index (κ1) is 18.0. The molecule has 0 radical (unpaired) electrons. The van der Waals surface area contributed by atoms with Crippen molar-refractivity contribution >= 4 is 28.6 Å². The summed E-state index contributed by atoms with van der Waals surface area (Å²) < 4.78 is 16.7. The molecule has 0 atom stereocenters. The van der Waals surface area contributed by atoms with Gasteiger partial charge in [-0.15, -0.1) is 0 Å². The van der Waals surface area contributed by atoms with Gasteiger partial charge in [0, 0.05) is 5.02 Å². The summed E-state index contributed by atoms with van der Waals surface area (Å²) in [5.74, 6) is -2.17. The minimum atomic E-state index is -1.36. The standard InChI is InChI=1S/C21H14ClFN2O3/c22-14-7-9-18-19(11-14)25(15-4-2-1-3-5-15)21(28)24(18)12-13-6-8-17(23)16(10-13)20(26)27/h1-11H,12H2,(H,26,27). The summed E-state index contributed by atoms with van der Waals surface area (Å²) in [4.78, 5) is 24.4. The predicted octanol–water partition coefficient (Wildman–Crippen LogP) is 4.33. The van der Waals surface area contributed by atoms with Crippen LogP contribution in [0.2, 0.25) is 5.02 Å². The number of aromatic nitrogens is 2. The van der Waals surface area contributed by atoms with Gasteiger partial charge in [0.2, 0.25) is 0 Å². The van der Waals surface area contributed by atoms with Crippen molar-refractivity contribution in [3.63, 3.8) is 0 Å². The van der Waals surface area contributed by atoms with Gasteiger partial charge in [-0.25, -0.2) is 14.0 Å². The average Bonchev–Trinajstić information content (AvgIpc) is 2.94. The SMILES string of the molecule is O=C(O)c1cc(Cn2c(=O)n(-c3ccccc3)c3cc(Cl)ccc32)ccc1F. The number of aromatic carboxylic acids is 1. The number of carbonyl (C=O) groups is 1. The van der Waals surface area contributed by atoms with Gasteiger partial charge in [0.15, 0.2) is 0 Å². The van der Waals surface area contributed by atoms with Gasteiger partial charge in [-0.1, -0.05) is 35.9 Å². The van der Waals surface area contributed by atoms with Crippen LogP contribution in [0.5, 0.6) is 0 Å². The van der Waals surface area contributed by atoms with Gasteiger partial charge in [-0.05, 0) is 48.0 Å². The molecule has 4 aromatic rings. The van der Waals surface area contributed by atoms with E-state index in [2.05, 4.69) is 0 Å². The van der Waals surface area contributed by atoms with E-state index in [4.69, 9.17) is 16.7 Å². The minimum Gasteiger partial charge on any atom is -0.478 e. The first-order valence-corrected chi connectivity index (χ1v) is 8.81.